The Labute approximate surface area is 267 Å². The van der Waals surface area contributed by atoms with E-state index >= 15 is 0 Å². The Morgan fingerprint density at radius 2 is 1.41 bits per heavy atom. The maximum Gasteiger partial charge on any atom is 0.338 e. The Balaban J connectivity index is 1.48. The summed E-state index contributed by atoms with van der Waals surface area (Å²) in [4.78, 5) is 38.0. The highest BCUT2D eigenvalue weighted by Gasteiger charge is 2.48. The zero-order valence-electron chi connectivity index (χ0n) is 25.9. The molecule has 0 saturated carbocycles. The molecule has 0 unspecified atom stereocenters. The van der Waals surface area contributed by atoms with Crippen molar-refractivity contribution in [1.82, 2.24) is 5.32 Å². The molecule has 0 bridgehead atoms. The van der Waals surface area contributed by atoms with Gasteiger partial charge in [-0.3, -0.25) is 4.79 Å². The van der Waals surface area contributed by atoms with E-state index in [0.29, 0.717) is 41.0 Å². The van der Waals surface area contributed by atoms with Gasteiger partial charge in [0, 0.05) is 19.4 Å². The highest BCUT2D eigenvalue weighted by molar-refractivity contribution is 5.90. The van der Waals surface area contributed by atoms with Gasteiger partial charge in [-0.05, 0) is 78.6 Å². The second kappa shape index (κ2) is 14.8. The topological polar surface area (TPSA) is 100 Å². The third kappa shape index (κ3) is 7.97. The van der Waals surface area contributed by atoms with Gasteiger partial charge in [0.2, 0.25) is 18.3 Å². The summed E-state index contributed by atoms with van der Waals surface area (Å²) >= 11 is 0. The first-order chi connectivity index (χ1) is 22.2. The van der Waals surface area contributed by atoms with Crippen LogP contribution in [-0.2, 0) is 25.4 Å². The first-order valence-corrected chi connectivity index (χ1v) is 15.2. The third-order valence-corrected chi connectivity index (χ3v) is 7.94. The van der Waals surface area contributed by atoms with Crippen molar-refractivity contribution in [3.8, 4) is 16.9 Å². The Kier molecular flexibility index (Phi) is 10.4. The predicted octanol–water partition coefficient (Wildman–Crippen LogP) is 6.38. The number of esters is 2. The summed E-state index contributed by atoms with van der Waals surface area (Å²) in [5.41, 5.74) is 2.85. The van der Waals surface area contributed by atoms with E-state index in [4.69, 9.17) is 18.9 Å². The largest absolute Gasteiger partial charge is 0.461 e. The molecule has 1 heterocycles. The minimum absolute atomic E-state index is 0.149. The van der Waals surface area contributed by atoms with Gasteiger partial charge >= 0.3 is 11.9 Å². The molecule has 1 aliphatic heterocycles. The molecule has 5 rings (SSSR count). The van der Waals surface area contributed by atoms with Gasteiger partial charge < -0.3 is 24.3 Å². The van der Waals surface area contributed by atoms with Gasteiger partial charge in [-0.1, -0.05) is 61.5 Å². The van der Waals surface area contributed by atoms with E-state index in [2.05, 4.69) is 5.32 Å². The Hall–Kier alpha value is -5.02. The minimum atomic E-state index is -1.15. The maximum atomic E-state index is 14.3. The molecule has 1 fully saturated rings. The SMILES string of the molecule is CC(=O)NCCc1ccc(O[C@@H]2O[C@@H](C)[C@H](C)[C@@H](OC(=O)c3ccccc3)[C@H]2OC(=O)c2ccccc2)cc1-c1cccc(F)c1. The van der Waals surface area contributed by atoms with Crippen LogP contribution in [0.5, 0.6) is 5.75 Å². The van der Waals surface area contributed by atoms with Crippen molar-refractivity contribution < 1.29 is 37.7 Å². The molecule has 5 atom stereocenters. The number of nitrogens with one attached hydrogen (secondary N) is 1. The molecule has 4 aromatic carbocycles. The predicted molar refractivity (Wildman–Crippen MR) is 170 cm³/mol. The molecule has 8 nitrogen and oxygen atoms in total. The number of hydrogen-bond acceptors (Lipinski definition) is 7. The van der Waals surface area contributed by atoms with Gasteiger partial charge in [0.25, 0.3) is 0 Å². The van der Waals surface area contributed by atoms with Crippen molar-refractivity contribution >= 4 is 17.8 Å². The normalized spacial score (nSPS) is 20.7. The fourth-order valence-corrected chi connectivity index (χ4v) is 5.34. The number of amides is 1. The molecule has 46 heavy (non-hydrogen) atoms. The molecule has 238 valence electrons. The number of halogens is 1. The zero-order valence-corrected chi connectivity index (χ0v) is 25.9. The van der Waals surface area contributed by atoms with Crippen molar-refractivity contribution in [3.63, 3.8) is 0 Å². The highest BCUT2D eigenvalue weighted by atomic mass is 19.1. The molecular formula is C37H36FNO7. The van der Waals surface area contributed by atoms with Gasteiger partial charge in [-0.15, -0.1) is 0 Å². The summed E-state index contributed by atoms with van der Waals surface area (Å²) in [6, 6.07) is 28.6. The van der Waals surface area contributed by atoms with Crippen molar-refractivity contribution in [2.24, 2.45) is 5.92 Å². The molecule has 9 heteroatoms. The van der Waals surface area contributed by atoms with Crippen molar-refractivity contribution in [2.75, 3.05) is 6.54 Å². The lowest BCUT2D eigenvalue weighted by Crippen LogP contribution is -2.57. The maximum absolute atomic E-state index is 14.3. The lowest BCUT2D eigenvalue weighted by Gasteiger charge is -2.43. The van der Waals surface area contributed by atoms with Gasteiger partial charge in [-0.2, -0.15) is 0 Å². The number of carbonyl (C=O) groups excluding carboxylic acids is 3. The smallest absolute Gasteiger partial charge is 0.338 e. The Bertz CT molecular complexity index is 1660. The summed E-state index contributed by atoms with van der Waals surface area (Å²) in [7, 11) is 0. The minimum Gasteiger partial charge on any atom is -0.461 e. The quantitative estimate of drug-likeness (QED) is 0.204. The van der Waals surface area contributed by atoms with Gasteiger partial charge in [0.15, 0.2) is 6.10 Å². The molecule has 1 aliphatic rings. The van der Waals surface area contributed by atoms with E-state index in [9.17, 15) is 18.8 Å². The lowest BCUT2D eigenvalue weighted by molar-refractivity contribution is -0.250. The van der Waals surface area contributed by atoms with Crippen LogP contribution in [-0.4, -0.2) is 49.0 Å². The van der Waals surface area contributed by atoms with Crippen molar-refractivity contribution in [1.29, 1.82) is 0 Å². The number of rotatable bonds is 10. The van der Waals surface area contributed by atoms with E-state index < -0.39 is 42.4 Å². The van der Waals surface area contributed by atoms with E-state index in [0.717, 1.165) is 5.56 Å². The summed E-state index contributed by atoms with van der Waals surface area (Å²) in [5.74, 6) is -1.74. The Morgan fingerprint density at radius 1 is 0.783 bits per heavy atom. The average Bonchev–Trinajstić information content (AvgIpc) is 3.06. The van der Waals surface area contributed by atoms with Crippen LogP contribution in [0.25, 0.3) is 11.1 Å². The second-order valence-corrected chi connectivity index (χ2v) is 11.2. The van der Waals surface area contributed by atoms with Crippen molar-refractivity contribution in [3.05, 3.63) is 126 Å². The van der Waals surface area contributed by atoms with Crippen LogP contribution in [0.15, 0.2) is 103 Å². The van der Waals surface area contributed by atoms with E-state index in [1.807, 2.05) is 19.9 Å². The number of carbonyl (C=O) groups is 3. The monoisotopic (exact) mass is 625 g/mol. The van der Waals surface area contributed by atoms with Crippen LogP contribution in [0.3, 0.4) is 0 Å². The number of hydrogen-bond donors (Lipinski definition) is 1. The van der Waals surface area contributed by atoms with Crippen LogP contribution in [0, 0.1) is 11.7 Å². The fourth-order valence-electron chi connectivity index (χ4n) is 5.34. The molecule has 1 saturated heterocycles. The molecule has 1 amide bonds. The van der Waals surface area contributed by atoms with Crippen LogP contribution in [0.1, 0.15) is 47.1 Å². The summed E-state index contributed by atoms with van der Waals surface area (Å²) in [6.45, 7) is 5.54. The standard InChI is InChI=1S/C37H36FNO7/c1-23-24(2)43-37(44-31-18-17-26(19-20-39-25(3)40)32(22-31)29-15-10-16-30(38)21-29)34(46-36(42)28-13-8-5-9-14-28)33(23)45-35(41)27-11-6-4-7-12-27/h4-18,21-24,33-34,37H,19-20H2,1-3H3,(H,39,40)/t23-,24-,33+,34+,37-/m0/s1. The molecule has 1 N–H and O–H groups in total. The van der Waals surface area contributed by atoms with Gasteiger partial charge in [0.05, 0.1) is 17.2 Å². The summed E-state index contributed by atoms with van der Waals surface area (Å²) in [6.07, 6.45) is -3.14. The van der Waals surface area contributed by atoms with Crippen LogP contribution in [0.4, 0.5) is 4.39 Å². The zero-order chi connectivity index (χ0) is 32.6. The summed E-state index contributed by atoms with van der Waals surface area (Å²) in [5, 5.41) is 2.79. The third-order valence-electron chi connectivity index (χ3n) is 7.94. The summed E-state index contributed by atoms with van der Waals surface area (Å²) < 4.78 is 38.9. The van der Waals surface area contributed by atoms with Gasteiger partial charge in [0.1, 0.15) is 11.6 Å². The van der Waals surface area contributed by atoms with Crippen LogP contribution in [0.2, 0.25) is 0 Å². The average molecular weight is 626 g/mol. The van der Waals surface area contributed by atoms with E-state index in [1.54, 1.807) is 84.9 Å². The molecule has 0 spiro atoms. The Morgan fingerprint density at radius 3 is 2.02 bits per heavy atom. The van der Waals surface area contributed by atoms with E-state index in [-0.39, 0.29) is 11.8 Å². The van der Waals surface area contributed by atoms with Crippen LogP contribution < -0.4 is 10.1 Å². The van der Waals surface area contributed by atoms with Gasteiger partial charge in [-0.25, -0.2) is 14.0 Å². The fraction of sp³-hybridized carbons (Fsp3) is 0.270. The first kappa shape index (κ1) is 32.4. The lowest BCUT2D eigenvalue weighted by atomic mass is 9.91. The second-order valence-electron chi connectivity index (χ2n) is 11.2. The molecule has 4 aromatic rings. The van der Waals surface area contributed by atoms with Crippen molar-refractivity contribution in [2.45, 2.75) is 51.8 Å². The van der Waals surface area contributed by atoms with Crippen LogP contribution >= 0.6 is 0 Å². The number of benzene rings is 4. The molecular weight excluding hydrogens is 589 g/mol. The molecule has 0 radical (unpaired) electrons. The molecule has 0 aromatic heterocycles. The van der Waals surface area contributed by atoms with E-state index in [1.165, 1.54) is 19.1 Å². The first-order valence-electron chi connectivity index (χ1n) is 15.2. The number of ether oxygens (including phenoxy) is 4. The molecule has 0 aliphatic carbocycles. The highest BCUT2D eigenvalue weighted by Crippen LogP contribution is 2.35.